The van der Waals surface area contributed by atoms with Crippen molar-refractivity contribution in [2.75, 3.05) is 4.90 Å². The van der Waals surface area contributed by atoms with Gasteiger partial charge in [0, 0.05) is 18.2 Å². The zero-order valence-electron chi connectivity index (χ0n) is 14.1. The molecule has 0 unspecified atom stereocenters. The highest BCUT2D eigenvalue weighted by Gasteiger charge is 2.30. The van der Waals surface area contributed by atoms with E-state index in [9.17, 15) is 13.2 Å². The maximum absolute atomic E-state index is 13.1. The first kappa shape index (κ1) is 21.5. The molecule has 0 bridgehead atoms. The Morgan fingerprint density at radius 3 is 2.46 bits per heavy atom. The molecule has 0 spiro atoms. The summed E-state index contributed by atoms with van der Waals surface area (Å²) < 4.78 is 23.1. The highest BCUT2D eigenvalue weighted by atomic mass is 35.5. The minimum absolute atomic E-state index is 0.0185. The third kappa shape index (κ3) is 4.37. The van der Waals surface area contributed by atoms with E-state index in [1.165, 1.54) is 12.1 Å². The van der Waals surface area contributed by atoms with Crippen LogP contribution in [0.15, 0.2) is 29.4 Å². The van der Waals surface area contributed by atoms with E-state index in [1.807, 2.05) is 0 Å². The van der Waals surface area contributed by atoms with Crippen LogP contribution < -0.4 is 10.0 Å². The second kappa shape index (κ2) is 8.30. The molecule has 2 aromatic heterocycles. The summed E-state index contributed by atoms with van der Waals surface area (Å²) in [5.41, 5.74) is 0.694. The van der Waals surface area contributed by atoms with Crippen LogP contribution in [-0.4, -0.2) is 29.3 Å². The molecule has 2 N–H and O–H groups in total. The van der Waals surface area contributed by atoms with Gasteiger partial charge < -0.3 is 0 Å². The number of alkyl halides is 2. The fraction of sp³-hybridized carbons (Fsp3) is 0.312. The number of aromatic nitrogens is 2. The summed E-state index contributed by atoms with van der Waals surface area (Å²) in [7, 11) is -4.10. The van der Waals surface area contributed by atoms with Gasteiger partial charge in [0.05, 0.1) is 22.0 Å². The molecule has 1 amide bonds. The predicted molar refractivity (Wildman–Crippen MR) is 109 cm³/mol. The fourth-order valence-electron chi connectivity index (χ4n) is 2.75. The van der Waals surface area contributed by atoms with Gasteiger partial charge in [-0.3, -0.25) is 9.69 Å². The lowest BCUT2D eigenvalue weighted by atomic mass is 9.82. The highest BCUT2D eigenvalue weighted by molar-refractivity contribution is 7.89. The number of hydrogen-bond donors (Lipinski definition) is 1. The van der Waals surface area contributed by atoms with Crippen LogP contribution in [0.1, 0.15) is 41.2 Å². The van der Waals surface area contributed by atoms with Crippen molar-refractivity contribution in [2.45, 2.75) is 35.2 Å². The van der Waals surface area contributed by atoms with Gasteiger partial charge in [-0.2, -0.15) is 0 Å². The van der Waals surface area contributed by atoms with Crippen molar-refractivity contribution >= 4 is 68.0 Å². The number of nitrogens with zero attached hydrogens (tertiary/aromatic N) is 3. The average molecular weight is 484 g/mol. The number of rotatable bonds is 5. The van der Waals surface area contributed by atoms with Crippen LogP contribution in [0.4, 0.5) is 5.69 Å². The minimum Gasteiger partial charge on any atom is -0.278 e. The van der Waals surface area contributed by atoms with Crippen LogP contribution in [0.3, 0.4) is 0 Å². The average Bonchev–Trinajstić information content (AvgIpc) is 2.55. The second-order valence-corrected chi connectivity index (χ2v) is 9.50. The first-order chi connectivity index (χ1) is 13.1. The number of carbonyl (C=O) groups is 1. The van der Waals surface area contributed by atoms with Gasteiger partial charge in [-0.15, -0.1) is 0 Å². The molecule has 1 fully saturated rings. The summed E-state index contributed by atoms with van der Waals surface area (Å²) in [4.78, 5) is 20.6. The van der Waals surface area contributed by atoms with Crippen LogP contribution in [0.5, 0.6) is 0 Å². The van der Waals surface area contributed by atoms with E-state index in [-0.39, 0.29) is 22.3 Å². The van der Waals surface area contributed by atoms with Crippen LogP contribution in [0, 0.1) is 0 Å². The molecule has 0 aliphatic heterocycles. The van der Waals surface area contributed by atoms with E-state index in [0.29, 0.717) is 10.7 Å². The SMILES string of the molecule is NS(=O)(=O)c1cc(N(C(=O)c2cc(Cl)c(C3CCC3)nc2Cl)C(Cl)Cl)ccn1. The smallest absolute Gasteiger partial charge is 0.263 e. The standard InChI is InChI=1S/C16H14Cl4N4O3S/c17-11-7-10(14(18)23-13(11)8-2-1-3-8)15(25)24(16(19)20)9-4-5-22-12(6-9)28(21,26)27/h4-8,16H,1-3H2,(H2,21,26,27). The molecule has 1 aliphatic rings. The van der Waals surface area contributed by atoms with E-state index < -0.39 is 25.9 Å². The van der Waals surface area contributed by atoms with Crippen molar-refractivity contribution < 1.29 is 13.2 Å². The Labute approximate surface area is 181 Å². The third-order valence-electron chi connectivity index (χ3n) is 4.38. The molecule has 2 aromatic rings. The molecule has 0 saturated heterocycles. The summed E-state index contributed by atoms with van der Waals surface area (Å²) >= 11 is 24.5. The Morgan fingerprint density at radius 2 is 1.93 bits per heavy atom. The molecular formula is C16H14Cl4N4O3S. The minimum atomic E-state index is -4.10. The molecule has 7 nitrogen and oxygen atoms in total. The van der Waals surface area contributed by atoms with Crippen molar-refractivity contribution in [3.63, 3.8) is 0 Å². The van der Waals surface area contributed by atoms with Crippen LogP contribution in [0.25, 0.3) is 0 Å². The van der Waals surface area contributed by atoms with E-state index in [1.54, 1.807) is 0 Å². The monoisotopic (exact) mass is 482 g/mol. The van der Waals surface area contributed by atoms with E-state index >= 15 is 0 Å². The van der Waals surface area contributed by atoms with Gasteiger partial charge in [0.15, 0.2) is 9.99 Å². The second-order valence-electron chi connectivity index (χ2n) is 6.17. The Kier molecular flexibility index (Phi) is 6.38. The first-order valence-corrected chi connectivity index (χ1v) is 11.2. The van der Waals surface area contributed by atoms with E-state index in [4.69, 9.17) is 51.5 Å². The topological polar surface area (TPSA) is 106 Å². The molecular weight excluding hydrogens is 470 g/mol. The predicted octanol–water partition coefficient (Wildman–Crippen LogP) is 4.11. The Morgan fingerprint density at radius 1 is 1.25 bits per heavy atom. The van der Waals surface area contributed by atoms with E-state index in [0.717, 1.165) is 36.4 Å². The Hall–Kier alpha value is -1.16. The Bertz CT molecular complexity index is 1030. The molecule has 1 aliphatic carbocycles. The maximum Gasteiger partial charge on any atom is 0.263 e. The van der Waals surface area contributed by atoms with Crippen molar-refractivity contribution in [3.05, 3.63) is 45.8 Å². The number of hydrogen-bond acceptors (Lipinski definition) is 5. The van der Waals surface area contributed by atoms with Gasteiger partial charge >= 0.3 is 0 Å². The van der Waals surface area contributed by atoms with Gasteiger partial charge in [-0.25, -0.2) is 23.5 Å². The first-order valence-electron chi connectivity index (χ1n) is 8.06. The summed E-state index contributed by atoms with van der Waals surface area (Å²) in [6, 6.07) is 3.85. The van der Waals surface area contributed by atoms with Crippen molar-refractivity contribution in [2.24, 2.45) is 5.14 Å². The molecule has 28 heavy (non-hydrogen) atoms. The van der Waals surface area contributed by atoms with Crippen LogP contribution in [0.2, 0.25) is 10.2 Å². The van der Waals surface area contributed by atoms with Crippen molar-refractivity contribution in [3.8, 4) is 0 Å². The van der Waals surface area contributed by atoms with Gasteiger partial charge in [0.1, 0.15) is 5.15 Å². The zero-order chi connectivity index (χ0) is 20.6. The number of primary sulfonamides is 1. The van der Waals surface area contributed by atoms with Crippen LogP contribution in [-0.2, 0) is 10.0 Å². The molecule has 12 heteroatoms. The normalized spacial score (nSPS) is 14.8. The number of carbonyl (C=O) groups excluding carboxylic acids is 1. The lowest BCUT2D eigenvalue weighted by Crippen LogP contribution is -2.35. The largest absolute Gasteiger partial charge is 0.278 e. The number of sulfonamides is 1. The molecule has 0 radical (unpaired) electrons. The van der Waals surface area contributed by atoms with Crippen LogP contribution >= 0.6 is 46.4 Å². The number of nitrogens with two attached hydrogens (primary N) is 1. The van der Waals surface area contributed by atoms with Gasteiger partial charge in [0.25, 0.3) is 15.9 Å². The molecule has 2 heterocycles. The number of amides is 1. The number of halogens is 4. The lowest BCUT2D eigenvalue weighted by Gasteiger charge is -2.27. The van der Waals surface area contributed by atoms with Gasteiger partial charge in [-0.05, 0) is 25.0 Å². The van der Waals surface area contributed by atoms with Crippen molar-refractivity contribution in [1.29, 1.82) is 0 Å². The molecule has 150 valence electrons. The quantitative estimate of drug-likeness (QED) is 0.391. The highest BCUT2D eigenvalue weighted by Crippen LogP contribution is 2.40. The Balaban J connectivity index is 2.02. The van der Waals surface area contributed by atoms with Crippen molar-refractivity contribution in [1.82, 2.24) is 9.97 Å². The number of anilines is 1. The van der Waals surface area contributed by atoms with Gasteiger partial charge in [-0.1, -0.05) is 52.8 Å². The van der Waals surface area contributed by atoms with Gasteiger partial charge in [0.2, 0.25) is 0 Å². The van der Waals surface area contributed by atoms with E-state index in [2.05, 4.69) is 9.97 Å². The summed E-state index contributed by atoms with van der Waals surface area (Å²) in [6.07, 6.45) is 4.17. The molecule has 3 rings (SSSR count). The third-order valence-corrected chi connectivity index (χ3v) is 6.17. The molecule has 1 saturated carbocycles. The molecule has 0 aromatic carbocycles. The zero-order valence-corrected chi connectivity index (χ0v) is 18.0. The molecule has 0 atom stereocenters. The fourth-order valence-corrected chi connectivity index (χ4v) is 4.18. The summed E-state index contributed by atoms with van der Waals surface area (Å²) in [6.45, 7) is 0. The number of pyridine rings is 2. The summed E-state index contributed by atoms with van der Waals surface area (Å²) in [5.74, 6) is -0.488. The lowest BCUT2D eigenvalue weighted by molar-refractivity contribution is 0.0988. The maximum atomic E-state index is 13.1. The summed E-state index contributed by atoms with van der Waals surface area (Å²) in [5, 5.41) is 4.92.